The Balaban J connectivity index is 2.19. The molecule has 5 heteroatoms. The monoisotopic (exact) mass is 236 g/mol. The van der Waals surface area contributed by atoms with Gasteiger partial charge in [0.05, 0.1) is 6.61 Å². The number of aromatic nitrogens is 1. The molecule has 0 aliphatic carbocycles. The van der Waals surface area contributed by atoms with Crippen molar-refractivity contribution in [1.82, 2.24) is 9.88 Å². The molecule has 0 spiro atoms. The summed E-state index contributed by atoms with van der Waals surface area (Å²) in [6.07, 6.45) is 8.74. The van der Waals surface area contributed by atoms with Gasteiger partial charge in [0.1, 0.15) is 11.0 Å². The van der Waals surface area contributed by atoms with Gasteiger partial charge in [-0.3, -0.25) is 4.90 Å². The first-order chi connectivity index (χ1) is 7.83. The summed E-state index contributed by atoms with van der Waals surface area (Å²) in [5, 5.41) is 2.78. The van der Waals surface area contributed by atoms with Crippen LogP contribution in [0.4, 0.5) is 4.79 Å². The number of amides is 1. The van der Waals surface area contributed by atoms with Gasteiger partial charge in [-0.25, -0.2) is 9.78 Å². The Kier molecular flexibility index (Phi) is 3.36. The van der Waals surface area contributed by atoms with Crippen LogP contribution in [0.25, 0.3) is 0 Å². The SMILES string of the molecule is CCOC(=O)N1C=CC=CC1c1nccs1. The van der Waals surface area contributed by atoms with E-state index in [1.165, 1.54) is 11.3 Å². The van der Waals surface area contributed by atoms with Crippen LogP contribution in [-0.4, -0.2) is 22.6 Å². The van der Waals surface area contributed by atoms with Crippen molar-refractivity contribution in [2.24, 2.45) is 0 Å². The van der Waals surface area contributed by atoms with Crippen LogP contribution in [0.2, 0.25) is 0 Å². The minimum Gasteiger partial charge on any atom is -0.449 e. The highest BCUT2D eigenvalue weighted by molar-refractivity contribution is 7.09. The summed E-state index contributed by atoms with van der Waals surface area (Å²) < 4.78 is 4.99. The molecule has 1 aliphatic heterocycles. The van der Waals surface area contributed by atoms with Gasteiger partial charge in [0.15, 0.2) is 0 Å². The largest absolute Gasteiger partial charge is 0.449 e. The highest BCUT2D eigenvalue weighted by Crippen LogP contribution is 2.27. The molecule has 1 aromatic heterocycles. The molecule has 0 aromatic carbocycles. The zero-order valence-electron chi connectivity index (χ0n) is 8.87. The van der Waals surface area contributed by atoms with Crippen molar-refractivity contribution in [1.29, 1.82) is 0 Å². The molecule has 1 atom stereocenters. The zero-order valence-corrected chi connectivity index (χ0v) is 9.68. The molecule has 4 nitrogen and oxygen atoms in total. The molecule has 16 heavy (non-hydrogen) atoms. The lowest BCUT2D eigenvalue weighted by Crippen LogP contribution is -2.30. The Bertz CT molecular complexity index is 412. The maximum Gasteiger partial charge on any atom is 0.414 e. The predicted molar refractivity (Wildman–Crippen MR) is 62.0 cm³/mol. The first kappa shape index (κ1) is 10.9. The Morgan fingerprint density at radius 1 is 1.62 bits per heavy atom. The second-order valence-electron chi connectivity index (χ2n) is 3.15. The van der Waals surface area contributed by atoms with Crippen molar-refractivity contribution in [3.05, 3.63) is 41.0 Å². The van der Waals surface area contributed by atoms with E-state index in [9.17, 15) is 4.79 Å². The minimum atomic E-state index is -0.344. The molecule has 1 amide bonds. The van der Waals surface area contributed by atoms with Gasteiger partial charge in [0.25, 0.3) is 0 Å². The molecule has 0 N–H and O–H groups in total. The van der Waals surface area contributed by atoms with Crippen molar-refractivity contribution >= 4 is 17.4 Å². The number of carbonyl (C=O) groups is 1. The zero-order chi connectivity index (χ0) is 11.4. The van der Waals surface area contributed by atoms with E-state index in [4.69, 9.17) is 4.74 Å². The number of nitrogens with zero attached hydrogens (tertiary/aromatic N) is 2. The van der Waals surface area contributed by atoms with E-state index in [0.29, 0.717) is 6.61 Å². The van der Waals surface area contributed by atoms with Gasteiger partial charge in [0.2, 0.25) is 0 Å². The van der Waals surface area contributed by atoms with Crippen LogP contribution < -0.4 is 0 Å². The number of allylic oxidation sites excluding steroid dienone is 2. The highest BCUT2D eigenvalue weighted by Gasteiger charge is 2.25. The molecule has 0 fully saturated rings. The number of ether oxygens (including phenoxy) is 1. The molecular weight excluding hydrogens is 224 g/mol. The van der Waals surface area contributed by atoms with Gasteiger partial charge >= 0.3 is 6.09 Å². The van der Waals surface area contributed by atoms with E-state index in [1.54, 1.807) is 30.3 Å². The molecule has 84 valence electrons. The molecule has 0 saturated carbocycles. The van der Waals surface area contributed by atoms with E-state index in [2.05, 4.69) is 4.98 Å². The van der Waals surface area contributed by atoms with Gasteiger partial charge in [0, 0.05) is 17.8 Å². The molecule has 1 aromatic rings. The van der Waals surface area contributed by atoms with Crippen LogP contribution in [0.15, 0.2) is 36.0 Å². The quantitative estimate of drug-likeness (QED) is 0.793. The molecule has 0 radical (unpaired) electrons. The number of rotatable bonds is 2. The molecule has 0 saturated heterocycles. The number of carbonyl (C=O) groups excluding carboxylic acids is 1. The van der Waals surface area contributed by atoms with Crippen molar-refractivity contribution in [3.8, 4) is 0 Å². The standard InChI is InChI=1S/C11H12N2O2S/c1-2-15-11(14)13-7-4-3-5-9(13)10-12-6-8-16-10/h3-9H,2H2,1H3. The van der Waals surface area contributed by atoms with Crippen LogP contribution in [0, 0.1) is 0 Å². The topological polar surface area (TPSA) is 42.4 Å². The van der Waals surface area contributed by atoms with Gasteiger partial charge in [-0.15, -0.1) is 11.3 Å². The first-order valence-corrected chi connectivity index (χ1v) is 5.90. The van der Waals surface area contributed by atoms with Crippen LogP contribution in [0.1, 0.15) is 18.0 Å². The summed E-state index contributed by atoms with van der Waals surface area (Å²) in [7, 11) is 0. The number of hydrogen-bond acceptors (Lipinski definition) is 4. The summed E-state index contributed by atoms with van der Waals surface area (Å²) in [6, 6.07) is -0.149. The van der Waals surface area contributed by atoms with Crippen molar-refractivity contribution < 1.29 is 9.53 Å². The summed E-state index contributed by atoms with van der Waals surface area (Å²) in [6.45, 7) is 2.16. The first-order valence-electron chi connectivity index (χ1n) is 5.02. The highest BCUT2D eigenvalue weighted by atomic mass is 32.1. The maximum absolute atomic E-state index is 11.7. The molecule has 1 unspecified atom stereocenters. The van der Waals surface area contributed by atoms with Gasteiger partial charge in [-0.2, -0.15) is 0 Å². The Morgan fingerprint density at radius 3 is 3.19 bits per heavy atom. The predicted octanol–water partition coefficient (Wildman–Crippen LogP) is 2.73. The third-order valence-corrected chi connectivity index (χ3v) is 2.98. The Labute approximate surface area is 97.9 Å². The number of hydrogen-bond donors (Lipinski definition) is 0. The van der Waals surface area contributed by atoms with E-state index in [1.807, 2.05) is 17.5 Å². The lowest BCUT2D eigenvalue weighted by atomic mass is 10.2. The van der Waals surface area contributed by atoms with Gasteiger partial charge < -0.3 is 4.74 Å². The summed E-state index contributed by atoms with van der Waals surface area (Å²) in [5.74, 6) is 0. The van der Waals surface area contributed by atoms with E-state index in [-0.39, 0.29) is 12.1 Å². The van der Waals surface area contributed by atoms with Crippen LogP contribution in [0.5, 0.6) is 0 Å². The minimum absolute atomic E-state index is 0.149. The van der Waals surface area contributed by atoms with E-state index in [0.717, 1.165) is 5.01 Å². The van der Waals surface area contributed by atoms with E-state index >= 15 is 0 Å². The third-order valence-electron chi connectivity index (χ3n) is 2.13. The normalized spacial score (nSPS) is 18.8. The average Bonchev–Trinajstić information content (AvgIpc) is 2.83. The molecule has 2 rings (SSSR count). The summed E-state index contributed by atoms with van der Waals surface area (Å²) in [5.41, 5.74) is 0. The molecular formula is C11H12N2O2S. The van der Waals surface area contributed by atoms with Gasteiger partial charge in [-0.05, 0) is 13.0 Å². The van der Waals surface area contributed by atoms with Crippen LogP contribution >= 0.6 is 11.3 Å². The Hall–Kier alpha value is -1.62. The smallest absolute Gasteiger partial charge is 0.414 e. The maximum atomic E-state index is 11.7. The average molecular weight is 236 g/mol. The summed E-state index contributed by atoms with van der Waals surface area (Å²) >= 11 is 1.52. The van der Waals surface area contributed by atoms with Crippen molar-refractivity contribution in [3.63, 3.8) is 0 Å². The lowest BCUT2D eigenvalue weighted by molar-refractivity contribution is 0.115. The van der Waals surface area contributed by atoms with E-state index < -0.39 is 0 Å². The fourth-order valence-corrected chi connectivity index (χ4v) is 2.17. The number of thiazole rings is 1. The molecule has 1 aliphatic rings. The second kappa shape index (κ2) is 4.94. The molecule has 2 heterocycles. The lowest BCUT2D eigenvalue weighted by Gasteiger charge is -2.25. The Morgan fingerprint density at radius 2 is 2.50 bits per heavy atom. The summed E-state index contributed by atoms with van der Waals surface area (Å²) in [4.78, 5) is 17.5. The van der Waals surface area contributed by atoms with Crippen molar-refractivity contribution in [2.45, 2.75) is 13.0 Å². The van der Waals surface area contributed by atoms with Crippen molar-refractivity contribution in [2.75, 3.05) is 6.61 Å². The fourth-order valence-electron chi connectivity index (χ4n) is 1.45. The molecule has 0 bridgehead atoms. The van der Waals surface area contributed by atoms with Gasteiger partial charge in [-0.1, -0.05) is 12.2 Å². The van der Waals surface area contributed by atoms with Crippen LogP contribution in [0.3, 0.4) is 0 Å². The third kappa shape index (κ3) is 2.14. The fraction of sp³-hybridized carbons (Fsp3) is 0.273. The van der Waals surface area contributed by atoms with Crippen LogP contribution in [-0.2, 0) is 4.74 Å². The second-order valence-corrected chi connectivity index (χ2v) is 4.07.